The predicted molar refractivity (Wildman–Crippen MR) is 101 cm³/mol. The molecule has 0 unspecified atom stereocenters. The van der Waals surface area contributed by atoms with Crippen LogP contribution >= 0.6 is 23.2 Å². The van der Waals surface area contributed by atoms with Crippen molar-refractivity contribution in [2.45, 2.75) is 6.92 Å². The van der Waals surface area contributed by atoms with E-state index in [1.807, 2.05) is 0 Å². The number of aromatic nitrogens is 2. The summed E-state index contributed by atoms with van der Waals surface area (Å²) < 4.78 is 13.8. The van der Waals surface area contributed by atoms with Crippen LogP contribution in [-0.4, -0.2) is 15.9 Å². The van der Waals surface area contributed by atoms with Crippen molar-refractivity contribution < 1.29 is 9.18 Å². The number of para-hydroxylation sites is 1. The molecule has 1 heterocycles. The normalized spacial score (nSPS) is 10.5. The number of hydrogen-bond donors (Lipinski definition) is 2. The highest BCUT2D eigenvalue weighted by molar-refractivity contribution is 6.35. The number of halogens is 3. The largest absolute Gasteiger partial charge is 0.322 e. The van der Waals surface area contributed by atoms with Crippen LogP contribution in [0.3, 0.4) is 0 Å². The van der Waals surface area contributed by atoms with Crippen molar-refractivity contribution in [3.05, 3.63) is 75.8 Å². The van der Waals surface area contributed by atoms with Crippen LogP contribution in [0.4, 0.5) is 21.7 Å². The molecule has 1 aromatic heterocycles. The van der Waals surface area contributed by atoms with E-state index in [0.29, 0.717) is 21.4 Å². The molecule has 3 aromatic rings. The summed E-state index contributed by atoms with van der Waals surface area (Å²) in [6.45, 7) is 1.71. The molecule has 0 aliphatic heterocycles. The molecule has 0 atom stereocenters. The summed E-state index contributed by atoms with van der Waals surface area (Å²) in [6.07, 6.45) is 0. The Kier molecular flexibility index (Phi) is 5.35. The van der Waals surface area contributed by atoms with Crippen LogP contribution in [-0.2, 0) is 0 Å². The van der Waals surface area contributed by atoms with Crippen molar-refractivity contribution in [3.63, 3.8) is 0 Å². The van der Waals surface area contributed by atoms with Crippen LogP contribution in [0.1, 0.15) is 16.2 Å². The summed E-state index contributed by atoms with van der Waals surface area (Å²) >= 11 is 11.9. The van der Waals surface area contributed by atoms with E-state index < -0.39 is 11.7 Å². The molecule has 26 heavy (non-hydrogen) atoms. The van der Waals surface area contributed by atoms with E-state index in [-0.39, 0.29) is 17.3 Å². The third-order valence-electron chi connectivity index (χ3n) is 3.33. The molecule has 5 nitrogen and oxygen atoms in total. The summed E-state index contributed by atoms with van der Waals surface area (Å²) in [6, 6.07) is 12.3. The van der Waals surface area contributed by atoms with Gasteiger partial charge in [-0.25, -0.2) is 14.4 Å². The molecule has 0 saturated carbocycles. The molecule has 0 radical (unpaired) electrons. The van der Waals surface area contributed by atoms with Gasteiger partial charge in [-0.05, 0) is 43.3 Å². The van der Waals surface area contributed by atoms with Gasteiger partial charge in [-0.3, -0.25) is 4.79 Å². The lowest BCUT2D eigenvalue weighted by Gasteiger charge is -2.10. The third-order valence-corrected chi connectivity index (χ3v) is 3.76. The topological polar surface area (TPSA) is 66.9 Å². The van der Waals surface area contributed by atoms with Gasteiger partial charge in [0.15, 0.2) is 0 Å². The van der Waals surface area contributed by atoms with Crippen molar-refractivity contribution in [3.8, 4) is 0 Å². The van der Waals surface area contributed by atoms with Crippen molar-refractivity contribution >= 4 is 46.4 Å². The zero-order valence-corrected chi connectivity index (χ0v) is 15.1. The minimum absolute atomic E-state index is 0.115. The van der Waals surface area contributed by atoms with Crippen LogP contribution in [0.5, 0.6) is 0 Å². The van der Waals surface area contributed by atoms with E-state index in [1.165, 1.54) is 12.1 Å². The second-order valence-corrected chi connectivity index (χ2v) is 6.31. The number of amides is 1. The minimum Gasteiger partial charge on any atom is -0.322 e. The lowest BCUT2D eigenvalue weighted by molar-refractivity contribution is 0.102. The van der Waals surface area contributed by atoms with Crippen molar-refractivity contribution in [2.24, 2.45) is 0 Å². The van der Waals surface area contributed by atoms with Gasteiger partial charge in [-0.2, -0.15) is 0 Å². The first-order valence-electron chi connectivity index (χ1n) is 7.55. The number of nitrogens with zero attached hydrogens (tertiary/aromatic N) is 2. The van der Waals surface area contributed by atoms with Crippen molar-refractivity contribution in [1.29, 1.82) is 0 Å². The Morgan fingerprint density at radius 1 is 1.04 bits per heavy atom. The maximum Gasteiger partial charge on any atom is 0.274 e. The van der Waals surface area contributed by atoms with E-state index in [1.54, 1.807) is 43.3 Å². The van der Waals surface area contributed by atoms with Crippen molar-refractivity contribution in [1.82, 2.24) is 9.97 Å². The van der Waals surface area contributed by atoms with Gasteiger partial charge in [-0.15, -0.1) is 0 Å². The summed E-state index contributed by atoms with van der Waals surface area (Å²) in [5, 5.41) is 6.23. The standard InChI is InChI=1S/C18H13Cl2FN4O/c1-10-6-16(17(26)23-13-8-11(19)7-12(20)9-13)25-18(22-10)24-15-5-3-2-4-14(15)21/h2-9H,1H3,(H,23,26)(H,22,24,25). The van der Waals surface area contributed by atoms with Crippen LogP contribution in [0, 0.1) is 12.7 Å². The third kappa shape index (κ3) is 4.47. The van der Waals surface area contributed by atoms with Crippen LogP contribution < -0.4 is 10.6 Å². The Morgan fingerprint density at radius 2 is 1.73 bits per heavy atom. The first-order valence-corrected chi connectivity index (χ1v) is 8.31. The summed E-state index contributed by atoms with van der Waals surface area (Å²) in [7, 11) is 0. The van der Waals surface area contributed by atoms with Crippen molar-refractivity contribution in [2.75, 3.05) is 10.6 Å². The van der Waals surface area contributed by atoms with E-state index in [4.69, 9.17) is 23.2 Å². The quantitative estimate of drug-likeness (QED) is 0.640. The lowest BCUT2D eigenvalue weighted by Crippen LogP contribution is -2.15. The van der Waals surface area contributed by atoms with Gasteiger partial charge in [0.1, 0.15) is 11.5 Å². The molecule has 3 rings (SSSR count). The second kappa shape index (κ2) is 7.68. The van der Waals surface area contributed by atoms with Gasteiger partial charge in [-0.1, -0.05) is 35.3 Å². The molecule has 132 valence electrons. The smallest absolute Gasteiger partial charge is 0.274 e. The molecule has 8 heteroatoms. The average molecular weight is 391 g/mol. The zero-order valence-electron chi connectivity index (χ0n) is 13.6. The molecule has 0 aliphatic carbocycles. The molecule has 0 saturated heterocycles. The zero-order chi connectivity index (χ0) is 18.7. The fraction of sp³-hybridized carbons (Fsp3) is 0.0556. The number of benzene rings is 2. The molecule has 1 amide bonds. The summed E-state index contributed by atoms with van der Waals surface area (Å²) in [5.74, 6) is -0.799. The number of rotatable bonds is 4. The fourth-order valence-electron chi connectivity index (χ4n) is 2.24. The summed E-state index contributed by atoms with van der Waals surface area (Å²) in [4.78, 5) is 20.8. The van der Waals surface area contributed by atoms with Gasteiger partial charge in [0, 0.05) is 21.4 Å². The van der Waals surface area contributed by atoms with E-state index in [0.717, 1.165) is 0 Å². The molecular formula is C18H13Cl2FN4O. The van der Waals surface area contributed by atoms with E-state index >= 15 is 0 Å². The molecule has 2 aromatic carbocycles. The fourth-order valence-corrected chi connectivity index (χ4v) is 2.77. The number of hydrogen-bond acceptors (Lipinski definition) is 4. The number of aryl methyl sites for hydroxylation is 1. The lowest BCUT2D eigenvalue weighted by atomic mass is 10.2. The Labute approximate surface area is 159 Å². The molecule has 2 N–H and O–H groups in total. The molecule has 0 aliphatic rings. The van der Waals surface area contributed by atoms with Gasteiger partial charge in [0.25, 0.3) is 5.91 Å². The summed E-state index contributed by atoms with van der Waals surface area (Å²) in [5.41, 5.74) is 1.32. The highest BCUT2D eigenvalue weighted by atomic mass is 35.5. The molecule has 0 bridgehead atoms. The molecule has 0 spiro atoms. The SMILES string of the molecule is Cc1cc(C(=O)Nc2cc(Cl)cc(Cl)c2)nc(Nc2ccccc2F)n1. The Balaban J connectivity index is 1.84. The Bertz CT molecular complexity index is 961. The monoisotopic (exact) mass is 390 g/mol. The maximum atomic E-state index is 13.8. The van der Waals surface area contributed by atoms with Gasteiger partial charge >= 0.3 is 0 Å². The van der Waals surface area contributed by atoms with Crippen LogP contribution in [0.2, 0.25) is 10.0 Å². The highest BCUT2D eigenvalue weighted by Crippen LogP contribution is 2.23. The number of nitrogens with one attached hydrogen (secondary N) is 2. The first kappa shape index (κ1) is 18.1. The maximum absolute atomic E-state index is 13.8. The Hall–Kier alpha value is -2.70. The number of anilines is 3. The van der Waals surface area contributed by atoms with Gasteiger partial charge in [0.05, 0.1) is 5.69 Å². The van der Waals surface area contributed by atoms with E-state index in [2.05, 4.69) is 20.6 Å². The first-order chi connectivity index (χ1) is 12.4. The molecular weight excluding hydrogens is 378 g/mol. The van der Waals surface area contributed by atoms with Crippen LogP contribution in [0.25, 0.3) is 0 Å². The average Bonchev–Trinajstić information content (AvgIpc) is 2.55. The Morgan fingerprint density at radius 3 is 2.42 bits per heavy atom. The number of carbonyl (C=O) groups is 1. The predicted octanol–water partition coefficient (Wildman–Crippen LogP) is 5.23. The number of carbonyl (C=O) groups excluding carboxylic acids is 1. The second-order valence-electron chi connectivity index (χ2n) is 5.44. The van der Waals surface area contributed by atoms with Crippen LogP contribution in [0.15, 0.2) is 48.5 Å². The van der Waals surface area contributed by atoms with Gasteiger partial charge < -0.3 is 10.6 Å². The molecule has 0 fully saturated rings. The van der Waals surface area contributed by atoms with Gasteiger partial charge in [0.2, 0.25) is 5.95 Å². The minimum atomic E-state index is -0.467. The van der Waals surface area contributed by atoms with E-state index in [9.17, 15) is 9.18 Å². The highest BCUT2D eigenvalue weighted by Gasteiger charge is 2.13.